The first kappa shape index (κ1) is 20.3. The Hall–Kier alpha value is -2.39. The normalized spacial score (nSPS) is 18.1. The van der Waals surface area contributed by atoms with Crippen LogP contribution in [0.4, 0.5) is 0 Å². The molecule has 0 saturated carbocycles. The number of hydrogen-bond donors (Lipinski definition) is 0. The fourth-order valence-corrected chi connectivity index (χ4v) is 4.50. The summed E-state index contributed by atoms with van der Waals surface area (Å²) in [5.41, 5.74) is 0. The molecule has 0 spiro atoms. The van der Waals surface area contributed by atoms with E-state index in [0.29, 0.717) is 24.6 Å². The number of nitrogens with zero attached hydrogens (tertiary/aromatic N) is 3. The minimum atomic E-state index is -3.60. The molecule has 152 valence electrons. The molecule has 0 amide bonds. The summed E-state index contributed by atoms with van der Waals surface area (Å²) in [7, 11) is -2.13. The van der Waals surface area contributed by atoms with Gasteiger partial charge in [0.1, 0.15) is 11.9 Å². The molecule has 2 heterocycles. The Morgan fingerprint density at radius 2 is 1.93 bits per heavy atom. The van der Waals surface area contributed by atoms with E-state index < -0.39 is 10.0 Å². The van der Waals surface area contributed by atoms with Gasteiger partial charge in [0.15, 0.2) is 0 Å². The van der Waals surface area contributed by atoms with Crippen molar-refractivity contribution in [3.63, 3.8) is 0 Å². The van der Waals surface area contributed by atoms with Crippen molar-refractivity contribution in [1.82, 2.24) is 14.3 Å². The van der Waals surface area contributed by atoms with Gasteiger partial charge in [-0.25, -0.2) is 13.4 Å². The van der Waals surface area contributed by atoms with E-state index in [1.54, 1.807) is 36.5 Å². The number of piperidine rings is 1. The molecule has 2 aromatic rings. The molecule has 0 aliphatic carbocycles. The highest BCUT2D eigenvalue weighted by molar-refractivity contribution is 7.89. The molecule has 1 saturated heterocycles. The van der Waals surface area contributed by atoms with Crippen LogP contribution in [-0.2, 0) is 10.0 Å². The summed E-state index contributed by atoms with van der Waals surface area (Å²) in [4.78, 5) is 8.31. The lowest BCUT2D eigenvalue weighted by atomic mass is 10.1. The van der Waals surface area contributed by atoms with E-state index in [1.807, 2.05) is 13.8 Å². The Labute approximate surface area is 165 Å². The summed E-state index contributed by atoms with van der Waals surface area (Å²) < 4.78 is 43.9. The average Bonchev–Trinajstić information content (AvgIpc) is 2.68. The number of benzene rings is 1. The molecule has 1 aromatic carbocycles. The lowest BCUT2D eigenvalue weighted by Crippen LogP contribution is -2.44. The van der Waals surface area contributed by atoms with Crippen LogP contribution in [0.2, 0.25) is 0 Å². The first-order chi connectivity index (χ1) is 13.4. The van der Waals surface area contributed by atoms with E-state index in [9.17, 15) is 8.42 Å². The minimum Gasteiger partial charge on any atom is -0.491 e. The van der Waals surface area contributed by atoms with Crippen LogP contribution < -0.4 is 14.2 Å². The summed E-state index contributed by atoms with van der Waals surface area (Å²) >= 11 is 0. The molecule has 0 radical (unpaired) electrons. The van der Waals surface area contributed by atoms with E-state index in [-0.39, 0.29) is 29.7 Å². The molecule has 8 nitrogen and oxygen atoms in total. The second kappa shape index (κ2) is 8.74. The van der Waals surface area contributed by atoms with Crippen LogP contribution in [0.1, 0.15) is 26.7 Å². The molecular formula is C19H25N3O5S. The van der Waals surface area contributed by atoms with Gasteiger partial charge in [-0.2, -0.15) is 9.29 Å². The van der Waals surface area contributed by atoms with Gasteiger partial charge in [0.05, 0.1) is 24.7 Å². The van der Waals surface area contributed by atoms with Crippen LogP contribution in [0, 0.1) is 0 Å². The van der Waals surface area contributed by atoms with Gasteiger partial charge in [-0.3, -0.25) is 0 Å². The number of sulfonamides is 1. The molecule has 1 aliphatic rings. The molecule has 1 unspecified atom stereocenters. The first-order valence-corrected chi connectivity index (χ1v) is 10.6. The fraction of sp³-hybridized carbons (Fsp3) is 0.474. The van der Waals surface area contributed by atoms with Crippen molar-refractivity contribution in [1.29, 1.82) is 0 Å². The van der Waals surface area contributed by atoms with Crippen molar-refractivity contribution in [2.24, 2.45) is 0 Å². The SMILES string of the molecule is COc1nccc(OC2CCCN(S(=O)(=O)c3ccc(OC(C)C)cc3)C2)n1. The third kappa shape index (κ3) is 4.90. The molecular weight excluding hydrogens is 382 g/mol. The Morgan fingerprint density at radius 1 is 1.18 bits per heavy atom. The summed E-state index contributed by atoms with van der Waals surface area (Å²) in [6.45, 7) is 4.57. The zero-order valence-corrected chi connectivity index (χ0v) is 17.1. The molecule has 1 aliphatic heterocycles. The molecule has 3 rings (SSSR count). The van der Waals surface area contributed by atoms with E-state index >= 15 is 0 Å². The maximum atomic E-state index is 13.0. The van der Waals surface area contributed by atoms with E-state index in [1.165, 1.54) is 11.4 Å². The van der Waals surface area contributed by atoms with Gasteiger partial charge in [-0.05, 0) is 51.0 Å². The predicted octanol–water partition coefficient (Wildman–Crippen LogP) is 2.50. The highest BCUT2D eigenvalue weighted by Gasteiger charge is 2.31. The lowest BCUT2D eigenvalue weighted by Gasteiger charge is -2.31. The van der Waals surface area contributed by atoms with Gasteiger partial charge < -0.3 is 14.2 Å². The van der Waals surface area contributed by atoms with Crippen molar-refractivity contribution < 1.29 is 22.6 Å². The molecule has 28 heavy (non-hydrogen) atoms. The van der Waals surface area contributed by atoms with Crippen molar-refractivity contribution in [3.05, 3.63) is 36.5 Å². The summed E-state index contributed by atoms with van der Waals surface area (Å²) in [6.07, 6.45) is 2.74. The second-order valence-electron chi connectivity index (χ2n) is 6.76. The highest BCUT2D eigenvalue weighted by atomic mass is 32.2. The van der Waals surface area contributed by atoms with Crippen LogP contribution in [0.15, 0.2) is 41.4 Å². The summed E-state index contributed by atoms with van der Waals surface area (Å²) in [6, 6.07) is 8.35. The first-order valence-electron chi connectivity index (χ1n) is 9.19. The van der Waals surface area contributed by atoms with Crippen LogP contribution >= 0.6 is 0 Å². The number of aromatic nitrogens is 2. The molecule has 0 bridgehead atoms. The smallest absolute Gasteiger partial charge is 0.319 e. The zero-order valence-electron chi connectivity index (χ0n) is 16.2. The third-order valence-corrected chi connectivity index (χ3v) is 6.13. The Kier molecular flexibility index (Phi) is 6.35. The van der Waals surface area contributed by atoms with Crippen LogP contribution in [-0.4, -0.2) is 55.1 Å². The highest BCUT2D eigenvalue weighted by Crippen LogP contribution is 2.25. The third-order valence-electron chi connectivity index (χ3n) is 4.25. The van der Waals surface area contributed by atoms with Gasteiger partial charge in [0.2, 0.25) is 15.9 Å². The number of rotatable bonds is 7. The van der Waals surface area contributed by atoms with Crippen molar-refractivity contribution in [2.75, 3.05) is 20.2 Å². The van der Waals surface area contributed by atoms with Crippen molar-refractivity contribution in [3.8, 4) is 17.6 Å². The van der Waals surface area contributed by atoms with Gasteiger partial charge in [0.25, 0.3) is 0 Å². The van der Waals surface area contributed by atoms with Crippen molar-refractivity contribution >= 4 is 10.0 Å². The van der Waals surface area contributed by atoms with Crippen LogP contribution in [0.3, 0.4) is 0 Å². The van der Waals surface area contributed by atoms with Gasteiger partial charge in [0, 0.05) is 18.8 Å². The predicted molar refractivity (Wildman–Crippen MR) is 103 cm³/mol. The quantitative estimate of drug-likeness (QED) is 0.696. The minimum absolute atomic E-state index is 0.0304. The van der Waals surface area contributed by atoms with E-state index in [0.717, 1.165) is 6.42 Å². The van der Waals surface area contributed by atoms with E-state index in [2.05, 4.69) is 9.97 Å². The topological polar surface area (TPSA) is 90.9 Å². The number of hydrogen-bond acceptors (Lipinski definition) is 7. The number of methoxy groups -OCH3 is 1. The molecule has 1 fully saturated rings. The van der Waals surface area contributed by atoms with Crippen LogP contribution in [0.5, 0.6) is 17.6 Å². The van der Waals surface area contributed by atoms with Crippen LogP contribution in [0.25, 0.3) is 0 Å². The second-order valence-corrected chi connectivity index (χ2v) is 8.70. The zero-order chi connectivity index (χ0) is 20.1. The van der Waals surface area contributed by atoms with Crippen molar-refractivity contribution in [2.45, 2.75) is 43.8 Å². The van der Waals surface area contributed by atoms with E-state index in [4.69, 9.17) is 14.2 Å². The summed E-state index contributed by atoms with van der Waals surface area (Å²) in [5.74, 6) is 1.01. The Morgan fingerprint density at radius 3 is 2.61 bits per heavy atom. The monoisotopic (exact) mass is 407 g/mol. The number of ether oxygens (including phenoxy) is 3. The largest absolute Gasteiger partial charge is 0.491 e. The average molecular weight is 407 g/mol. The lowest BCUT2D eigenvalue weighted by molar-refractivity contribution is 0.123. The summed E-state index contributed by atoms with van der Waals surface area (Å²) in [5, 5.41) is 0. The Bertz CT molecular complexity index is 887. The molecule has 1 atom stereocenters. The Balaban J connectivity index is 1.69. The maximum absolute atomic E-state index is 13.0. The van der Waals surface area contributed by atoms with Gasteiger partial charge in [-0.1, -0.05) is 0 Å². The fourth-order valence-electron chi connectivity index (χ4n) is 2.99. The molecule has 9 heteroatoms. The molecule has 0 N–H and O–H groups in total. The van der Waals surface area contributed by atoms with Gasteiger partial charge in [-0.15, -0.1) is 0 Å². The maximum Gasteiger partial charge on any atom is 0.319 e. The molecule has 1 aromatic heterocycles. The standard InChI is InChI=1S/C19H25N3O5S/c1-14(2)26-15-6-8-17(9-7-15)28(23,24)22-12-4-5-16(13-22)27-18-10-11-20-19(21-18)25-3/h6-11,14,16H,4-5,12-13H2,1-3H3. The van der Waals surface area contributed by atoms with Gasteiger partial charge >= 0.3 is 6.01 Å².